The number of hydrogen-bond donors (Lipinski definition) is 0. The molecule has 0 aliphatic carbocycles. The van der Waals surface area contributed by atoms with E-state index in [1.807, 2.05) is 26.8 Å². The molecule has 0 aliphatic rings. The van der Waals surface area contributed by atoms with E-state index >= 15 is 0 Å². The van der Waals surface area contributed by atoms with E-state index in [0.717, 1.165) is 0 Å². The van der Waals surface area contributed by atoms with Crippen LogP contribution in [-0.2, 0) is 0 Å². The highest BCUT2D eigenvalue weighted by Gasteiger charge is 2.34. The van der Waals surface area contributed by atoms with Crippen LogP contribution < -0.4 is 0 Å². The molecule has 0 saturated carbocycles. The zero-order valence-corrected chi connectivity index (χ0v) is 16.1. The molecule has 132 valence electrons. The fourth-order valence-corrected chi connectivity index (χ4v) is 3.07. The topological polar surface area (TPSA) is 40.6 Å². The second kappa shape index (κ2) is 7.46. The molecule has 0 N–H and O–H groups in total. The third kappa shape index (κ3) is 4.53. The zero-order chi connectivity index (χ0) is 18.8. The van der Waals surface area contributed by atoms with Crippen LogP contribution in [0.25, 0.3) is 0 Å². The molecule has 6 heteroatoms. The molecule has 0 saturated heterocycles. The Morgan fingerprint density at radius 3 is 1.84 bits per heavy atom. The summed E-state index contributed by atoms with van der Waals surface area (Å²) in [7, 11) is 1.57. The lowest BCUT2D eigenvalue weighted by Crippen LogP contribution is -2.56. The fourth-order valence-electron chi connectivity index (χ4n) is 2.55. The molecule has 4 nitrogen and oxygen atoms in total. The van der Waals surface area contributed by atoms with E-state index < -0.39 is 5.54 Å². The van der Waals surface area contributed by atoms with Crippen LogP contribution in [-0.4, -0.2) is 34.4 Å². The largest absolute Gasteiger partial charge is 0.273 e. The molecule has 2 rings (SSSR count). The number of hydrogen-bond acceptors (Lipinski definition) is 2. The van der Waals surface area contributed by atoms with Crippen molar-refractivity contribution < 1.29 is 9.59 Å². The first-order valence-corrected chi connectivity index (χ1v) is 8.50. The molecule has 0 heterocycles. The maximum atomic E-state index is 13.1. The molecule has 2 amide bonds. The average Bonchev–Trinajstić information content (AvgIpc) is 2.52. The van der Waals surface area contributed by atoms with Gasteiger partial charge in [-0.3, -0.25) is 9.59 Å². The van der Waals surface area contributed by atoms with Gasteiger partial charge in [0, 0.05) is 28.2 Å². The third-order valence-corrected chi connectivity index (χ3v) is 3.99. The van der Waals surface area contributed by atoms with Crippen LogP contribution in [0.1, 0.15) is 41.5 Å². The van der Waals surface area contributed by atoms with E-state index in [1.54, 1.807) is 37.4 Å². The van der Waals surface area contributed by atoms with Crippen LogP contribution >= 0.6 is 23.2 Å². The number of carbonyl (C=O) groups is 2. The van der Waals surface area contributed by atoms with Crippen LogP contribution in [0.3, 0.4) is 0 Å². The first-order chi connectivity index (χ1) is 11.6. The highest BCUT2D eigenvalue weighted by atomic mass is 35.5. The Kier molecular flexibility index (Phi) is 5.76. The van der Waals surface area contributed by atoms with Gasteiger partial charge in [-0.05, 0) is 51.1 Å². The van der Waals surface area contributed by atoms with E-state index in [1.165, 1.54) is 22.2 Å². The first kappa shape index (κ1) is 19.3. The van der Waals surface area contributed by atoms with Crippen LogP contribution in [0.4, 0.5) is 0 Å². The van der Waals surface area contributed by atoms with E-state index in [2.05, 4.69) is 0 Å². The molecule has 0 bridgehead atoms. The number of nitrogens with zero attached hydrogens (tertiary/aromatic N) is 2. The predicted molar refractivity (Wildman–Crippen MR) is 101 cm³/mol. The van der Waals surface area contributed by atoms with Crippen LogP contribution in [0.2, 0.25) is 10.0 Å². The van der Waals surface area contributed by atoms with Crippen molar-refractivity contribution in [3.05, 3.63) is 69.7 Å². The zero-order valence-electron chi connectivity index (χ0n) is 14.6. The molecular formula is C19H20Cl2N2O2. The number of carbonyl (C=O) groups excluding carboxylic acids is 2. The minimum absolute atomic E-state index is 0.281. The Morgan fingerprint density at radius 2 is 1.36 bits per heavy atom. The Bertz CT molecular complexity index is 766. The van der Waals surface area contributed by atoms with E-state index in [9.17, 15) is 9.59 Å². The molecular weight excluding hydrogens is 359 g/mol. The standard InChI is InChI=1S/C19H20Cl2N2O2/c1-19(2,3)23(18(25)14-10-15(20)12-16(21)11-14)22(4)17(24)13-8-6-5-7-9-13/h5-12H,1-4H3. The summed E-state index contributed by atoms with van der Waals surface area (Å²) in [5.74, 6) is -0.638. The Labute approximate surface area is 157 Å². The lowest BCUT2D eigenvalue weighted by Gasteiger charge is -2.41. The summed E-state index contributed by atoms with van der Waals surface area (Å²) in [6, 6.07) is 13.4. The molecule has 0 aliphatic heterocycles. The van der Waals surface area contributed by atoms with Gasteiger partial charge in [0.05, 0.1) is 5.54 Å². The van der Waals surface area contributed by atoms with E-state index in [4.69, 9.17) is 23.2 Å². The molecule has 25 heavy (non-hydrogen) atoms. The van der Waals surface area contributed by atoms with Gasteiger partial charge in [-0.1, -0.05) is 41.4 Å². The molecule has 0 unspecified atom stereocenters. The summed E-state index contributed by atoms with van der Waals surface area (Å²) in [5.41, 5.74) is 0.182. The Morgan fingerprint density at radius 1 is 0.840 bits per heavy atom. The SMILES string of the molecule is CN(C(=O)c1ccccc1)N(C(=O)c1cc(Cl)cc(Cl)c1)C(C)(C)C. The van der Waals surface area contributed by atoms with Gasteiger partial charge in [0.15, 0.2) is 0 Å². The summed E-state index contributed by atoms with van der Waals surface area (Å²) < 4.78 is 0. The predicted octanol–water partition coefficient (Wildman–Crippen LogP) is 4.92. The second-order valence-electron chi connectivity index (χ2n) is 6.64. The average molecular weight is 379 g/mol. The van der Waals surface area contributed by atoms with Crippen LogP contribution in [0.15, 0.2) is 48.5 Å². The van der Waals surface area contributed by atoms with Crippen LogP contribution in [0, 0.1) is 0 Å². The van der Waals surface area contributed by atoms with Crippen molar-refractivity contribution in [1.29, 1.82) is 0 Å². The van der Waals surface area contributed by atoms with E-state index in [0.29, 0.717) is 21.2 Å². The van der Waals surface area contributed by atoms with Crippen molar-refractivity contribution >= 4 is 35.0 Å². The van der Waals surface area contributed by atoms with Gasteiger partial charge in [-0.25, -0.2) is 10.0 Å². The molecule has 2 aromatic carbocycles. The minimum atomic E-state index is -0.634. The normalized spacial score (nSPS) is 11.1. The Balaban J connectivity index is 2.42. The summed E-state index contributed by atoms with van der Waals surface area (Å²) in [6.45, 7) is 5.56. The number of amides is 2. The third-order valence-electron chi connectivity index (χ3n) is 3.55. The minimum Gasteiger partial charge on any atom is -0.267 e. The summed E-state index contributed by atoms with van der Waals surface area (Å²) in [4.78, 5) is 25.9. The second-order valence-corrected chi connectivity index (χ2v) is 7.51. The Hall–Kier alpha value is -2.04. The number of rotatable bonds is 2. The van der Waals surface area contributed by atoms with Crippen molar-refractivity contribution in [3.8, 4) is 0 Å². The quantitative estimate of drug-likeness (QED) is 0.695. The maximum absolute atomic E-state index is 13.1. The highest BCUT2D eigenvalue weighted by Crippen LogP contribution is 2.25. The monoisotopic (exact) mass is 378 g/mol. The number of halogens is 2. The van der Waals surface area contributed by atoms with Gasteiger partial charge >= 0.3 is 0 Å². The van der Waals surface area contributed by atoms with Crippen molar-refractivity contribution in [2.24, 2.45) is 0 Å². The van der Waals surface area contributed by atoms with Crippen LogP contribution in [0.5, 0.6) is 0 Å². The summed E-state index contributed by atoms with van der Waals surface area (Å²) in [5, 5.41) is 3.46. The number of hydrazine groups is 1. The van der Waals surface area contributed by atoms with Crippen molar-refractivity contribution in [1.82, 2.24) is 10.0 Å². The molecule has 0 aromatic heterocycles. The molecule has 0 atom stereocenters. The van der Waals surface area contributed by atoms with Gasteiger partial charge in [-0.2, -0.15) is 0 Å². The van der Waals surface area contributed by atoms with Gasteiger partial charge in [0.2, 0.25) is 0 Å². The van der Waals surface area contributed by atoms with Gasteiger partial charge in [-0.15, -0.1) is 0 Å². The van der Waals surface area contributed by atoms with Crippen molar-refractivity contribution in [2.75, 3.05) is 7.05 Å². The molecule has 0 radical (unpaired) electrons. The van der Waals surface area contributed by atoms with E-state index in [-0.39, 0.29) is 11.8 Å². The summed E-state index contributed by atoms with van der Waals surface area (Å²) >= 11 is 12.0. The van der Waals surface area contributed by atoms with Gasteiger partial charge < -0.3 is 0 Å². The lowest BCUT2D eigenvalue weighted by atomic mass is 10.1. The molecule has 2 aromatic rings. The fraction of sp³-hybridized carbons (Fsp3) is 0.263. The molecule has 0 spiro atoms. The van der Waals surface area contributed by atoms with Crippen molar-refractivity contribution in [3.63, 3.8) is 0 Å². The van der Waals surface area contributed by atoms with Crippen molar-refractivity contribution in [2.45, 2.75) is 26.3 Å². The highest BCUT2D eigenvalue weighted by molar-refractivity contribution is 6.35. The lowest BCUT2D eigenvalue weighted by molar-refractivity contribution is -0.0308. The first-order valence-electron chi connectivity index (χ1n) is 7.75. The van der Waals surface area contributed by atoms with Gasteiger partial charge in [0.25, 0.3) is 11.8 Å². The maximum Gasteiger partial charge on any atom is 0.273 e. The smallest absolute Gasteiger partial charge is 0.267 e. The summed E-state index contributed by atoms with van der Waals surface area (Å²) in [6.07, 6.45) is 0. The molecule has 0 fully saturated rings. The van der Waals surface area contributed by atoms with Gasteiger partial charge in [0.1, 0.15) is 0 Å². The number of benzene rings is 2.